The molecule has 0 spiro atoms. The van der Waals surface area contributed by atoms with E-state index in [1.807, 2.05) is 17.9 Å². The summed E-state index contributed by atoms with van der Waals surface area (Å²) in [5, 5.41) is 7.78. The van der Waals surface area contributed by atoms with Gasteiger partial charge in [0.2, 0.25) is 0 Å². The van der Waals surface area contributed by atoms with E-state index in [-0.39, 0.29) is 6.04 Å². The molecule has 96 valence electrons. The van der Waals surface area contributed by atoms with Gasteiger partial charge in [0, 0.05) is 18.3 Å². The molecular weight excluding hydrogens is 222 g/mol. The van der Waals surface area contributed by atoms with Crippen molar-refractivity contribution in [3.63, 3.8) is 0 Å². The lowest BCUT2D eigenvalue weighted by atomic mass is 9.97. The van der Waals surface area contributed by atoms with Gasteiger partial charge in [-0.05, 0) is 31.5 Å². The van der Waals surface area contributed by atoms with Crippen LogP contribution in [0.15, 0.2) is 36.7 Å². The molecule has 0 amide bonds. The molecule has 1 heterocycles. The molecular formula is C15H21N3. The summed E-state index contributed by atoms with van der Waals surface area (Å²) < 4.78 is 2.01. The summed E-state index contributed by atoms with van der Waals surface area (Å²) in [6, 6.07) is 8.70. The second-order valence-electron chi connectivity index (χ2n) is 4.62. The van der Waals surface area contributed by atoms with Crippen LogP contribution in [0.4, 0.5) is 0 Å². The van der Waals surface area contributed by atoms with E-state index in [1.165, 1.54) is 16.7 Å². The topological polar surface area (TPSA) is 29.9 Å². The lowest BCUT2D eigenvalue weighted by molar-refractivity contribution is 0.600. The molecule has 3 nitrogen and oxygen atoms in total. The van der Waals surface area contributed by atoms with Crippen LogP contribution in [-0.2, 0) is 6.54 Å². The third-order valence-corrected chi connectivity index (χ3v) is 3.23. The van der Waals surface area contributed by atoms with Crippen molar-refractivity contribution < 1.29 is 0 Å². The fourth-order valence-electron chi connectivity index (χ4n) is 2.29. The Balaban J connectivity index is 2.30. The highest BCUT2D eigenvalue weighted by Crippen LogP contribution is 2.23. The molecule has 2 aromatic rings. The second kappa shape index (κ2) is 5.83. The SMILES string of the molecule is CCCn1cc(C(NC)c2ccccc2C)cn1. The Kier molecular flexibility index (Phi) is 4.15. The van der Waals surface area contributed by atoms with Crippen LogP contribution in [0, 0.1) is 6.92 Å². The Morgan fingerprint density at radius 2 is 2.11 bits per heavy atom. The number of rotatable bonds is 5. The lowest BCUT2D eigenvalue weighted by Gasteiger charge is -2.17. The van der Waals surface area contributed by atoms with Gasteiger partial charge in [-0.2, -0.15) is 5.10 Å². The number of aromatic nitrogens is 2. The highest BCUT2D eigenvalue weighted by molar-refractivity contribution is 5.35. The van der Waals surface area contributed by atoms with Crippen LogP contribution in [0.1, 0.15) is 36.1 Å². The minimum atomic E-state index is 0.219. The van der Waals surface area contributed by atoms with E-state index in [1.54, 1.807) is 0 Å². The number of benzene rings is 1. The summed E-state index contributed by atoms with van der Waals surface area (Å²) in [7, 11) is 1.99. The summed E-state index contributed by atoms with van der Waals surface area (Å²) in [4.78, 5) is 0. The van der Waals surface area contributed by atoms with Gasteiger partial charge in [-0.1, -0.05) is 31.2 Å². The first-order chi connectivity index (χ1) is 8.76. The maximum Gasteiger partial charge on any atom is 0.0608 e. The van der Waals surface area contributed by atoms with Gasteiger partial charge in [-0.3, -0.25) is 4.68 Å². The third-order valence-electron chi connectivity index (χ3n) is 3.23. The number of hydrogen-bond donors (Lipinski definition) is 1. The highest BCUT2D eigenvalue weighted by atomic mass is 15.3. The molecule has 1 unspecified atom stereocenters. The largest absolute Gasteiger partial charge is 0.309 e. The Bertz CT molecular complexity index is 502. The van der Waals surface area contributed by atoms with Crippen LogP contribution >= 0.6 is 0 Å². The molecule has 3 heteroatoms. The van der Waals surface area contributed by atoms with Crippen molar-refractivity contribution >= 4 is 0 Å². The summed E-state index contributed by atoms with van der Waals surface area (Å²) in [5.74, 6) is 0. The quantitative estimate of drug-likeness (QED) is 0.875. The van der Waals surface area contributed by atoms with E-state index in [0.717, 1.165) is 13.0 Å². The van der Waals surface area contributed by atoms with E-state index in [4.69, 9.17) is 0 Å². The van der Waals surface area contributed by atoms with Crippen LogP contribution in [-0.4, -0.2) is 16.8 Å². The van der Waals surface area contributed by atoms with E-state index >= 15 is 0 Å². The molecule has 0 aliphatic carbocycles. The average molecular weight is 243 g/mol. The van der Waals surface area contributed by atoms with Crippen molar-refractivity contribution in [2.75, 3.05) is 7.05 Å². The molecule has 0 saturated carbocycles. The van der Waals surface area contributed by atoms with Gasteiger partial charge < -0.3 is 5.32 Å². The maximum absolute atomic E-state index is 4.41. The number of nitrogens with one attached hydrogen (secondary N) is 1. The Morgan fingerprint density at radius 1 is 1.33 bits per heavy atom. The Labute approximate surface area is 109 Å². The van der Waals surface area contributed by atoms with Crippen molar-refractivity contribution in [1.29, 1.82) is 0 Å². The second-order valence-corrected chi connectivity index (χ2v) is 4.62. The van der Waals surface area contributed by atoms with Crippen molar-refractivity contribution in [2.45, 2.75) is 32.9 Å². The molecule has 0 bridgehead atoms. The molecule has 0 aliphatic rings. The molecule has 1 atom stereocenters. The Hall–Kier alpha value is -1.61. The molecule has 18 heavy (non-hydrogen) atoms. The first-order valence-electron chi connectivity index (χ1n) is 6.51. The number of aryl methyl sites for hydroxylation is 2. The summed E-state index contributed by atoms with van der Waals surface area (Å²) >= 11 is 0. The summed E-state index contributed by atoms with van der Waals surface area (Å²) in [6.07, 6.45) is 5.20. The van der Waals surface area contributed by atoms with Gasteiger partial charge in [0.25, 0.3) is 0 Å². The van der Waals surface area contributed by atoms with E-state index in [9.17, 15) is 0 Å². The van der Waals surface area contributed by atoms with E-state index < -0.39 is 0 Å². The minimum Gasteiger partial charge on any atom is -0.309 e. The fraction of sp³-hybridized carbons (Fsp3) is 0.400. The molecule has 2 rings (SSSR count). The number of nitrogens with zero attached hydrogens (tertiary/aromatic N) is 2. The zero-order chi connectivity index (χ0) is 13.0. The van der Waals surface area contributed by atoms with Gasteiger partial charge in [0.05, 0.1) is 12.2 Å². The zero-order valence-corrected chi connectivity index (χ0v) is 11.4. The first kappa shape index (κ1) is 12.8. The highest BCUT2D eigenvalue weighted by Gasteiger charge is 2.15. The van der Waals surface area contributed by atoms with Crippen LogP contribution in [0.2, 0.25) is 0 Å². The van der Waals surface area contributed by atoms with Gasteiger partial charge in [-0.25, -0.2) is 0 Å². The smallest absolute Gasteiger partial charge is 0.0608 e. The standard InChI is InChI=1S/C15H21N3/c1-4-9-18-11-13(10-17-18)15(16-3)14-8-6-5-7-12(14)2/h5-8,10-11,15-16H,4,9H2,1-3H3. The molecule has 0 aliphatic heterocycles. The monoisotopic (exact) mass is 243 g/mol. The summed E-state index contributed by atoms with van der Waals surface area (Å²) in [5.41, 5.74) is 3.84. The molecule has 0 saturated heterocycles. The predicted molar refractivity (Wildman–Crippen MR) is 74.6 cm³/mol. The summed E-state index contributed by atoms with van der Waals surface area (Å²) in [6.45, 7) is 5.29. The van der Waals surface area contributed by atoms with Crippen LogP contribution < -0.4 is 5.32 Å². The molecule has 1 aromatic carbocycles. The van der Waals surface area contributed by atoms with Crippen molar-refractivity contribution in [2.24, 2.45) is 0 Å². The number of hydrogen-bond acceptors (Lipinski definition) is 2. The maximum atomic E-state index is 4.41. The van der Waals surface area contributed by atoms with E-state index in [0.29, 0.717) is 0 Å². The molecule has 0 radical (unpaired) electrons. The molecule has 1 N–H and O–H groups in total. The lowest BCUT2D eigenvalue weighted by Crippen LogP contribution is -2.18. The van der Waals surface area contributed by atoms with Gasteiger partial charge in [-0.15, -0.1) is 0 Å². The Morgan fingerprint density at radius 3 is 2.78 bits per heavy atom. The van der Waals surface area contributed by atoms with Crippen LogP contribution in [0.5, 0.6) is 0 Å². The third kappa shape index (κ3) is 2.62. The van der Waals surface area contributed by atoms with Crippen molar-refractivity contribution in [3.05, 3.63) is 53.3 Å². The first-order valence-corrected chi connectivity index (χ1v) is 6.51. The fourth-order valence-corrected chi connectivity index (χ4v) is 2.29. The van der Waals surface area contributed by atoms with Crippen LogP contribution in [0.3, 0.4) is 0 Å². The van der Waals surface area contributed by atoms with Gasteiger partial charge in [0.1, 0.15) is 0 Å². The normalized spacial score (nSPS) is 12.6. The van der Waals surface area contributed by atoms with Crippen molar-refractivity contribution in [3.8, 4) is 0 Å². The van der Waals surface area contributed by atoms with Gasteiger partial charge in [0.15, 0.2) is 0 Å². The van der Waals surface area contributed by atoms with Gasteiger partial charge >= 0.3 is 0 Å². The predicted octanol–water partition coefficient (Wildman–Crippen LogP) is 2.91. The molecule has 0 fully saturated rings. The van der Waals surface area contributed by atoms with Crippen molar-refractivity contribution in [1.82, 2.24) is 15.1 Å². The minimum absolute atomic E-state index is 0.219. The average Bonchev–Trinajstić information content (AvgIpc) is 2.82. The van der Waals surface area contributed by atoms with E-state index in [2.05, 4.69) is 54.7 Å². The molecule has 1 aromatic heterocycles. The zero-order valence-electron chi connectivity index (χ0n) is 11.4. The van der Waals surface area contributed by atoms with Crippen LogP contribution in [0.25, 0.3) is 0 Å².